The van der Waals surface area contributed by atoms with Gasteiger partial charge in [0.05, 0.1) is 17.6 Å². The molecule has 2 aromatic rings. The van der Waals surface area contributed by atoms with E-state index in [1.54, 1.807) is 0 Å². The van der Waals surface area contributed by atoms with Crippen LogP contribution in [-0.4, -0.2) is 15.6 Å². The molecule has 16 heavy (non-hydrogen) atoms. The molecule has 0 spiro atoms. The Labute approximate surface area is 95.5 Å². The third kappa shape index (κ3) is 1.61. The van der Waals surface area contributed by atoms with Gasteiger partial charge in [0.25, 0.3) is 0 Å². The predicted octanol–water partition coefficient (Wildman–Crippen LogP) is 2.07. The van der Waals surface area contributed by atoms with Crippen molar-refractivity contribution in [2.45, 2.75) is 25.9 Å². The van der Waals surface area contributed by atoms with Crippen molar-refractivity contribution in [2.75, 3.05) is 0 Å². The molecule has 0 saturated heterocycles. The maximum Gasteiger partial charge on any atom is 0.123 e. The van der Waals surface area contributed by atoms with Gasteiger partial charge < -0.3 is 9.88 Å². The number of fused-ring (bicyclic) bond motifs is 1. The molecule has 0 amide bonds. The van der Waals surface area contributed by atoms with Gasteiger partial charge in [0, 0.05) is 13.1 Å². The third-order valence-electron chi connectivity index (χ3n) is 3.51. The summed E-state index contributed by atoms with van der Waals surface area (Å²) in [6.45, 7) is 3.16. The van der Waals surface area contributed by atoms with Gasteiger partial charge in [-0.25, -0.2) is 4.98 Å². The van der Waals surface area contributed by atoms with Crippen molar-refractivity contribution in [3.05, 3.63) is 30.1 Å². The lowest BCUT2D eigenvalue weighted by atomic mass is 10.3. The van der Waals surface area contributed by atoms with E-state index in [1.807, 2.05) is 6.07 Å². The molecule has 1 aliphatic rings. The predicted molar refractivity (Wildman–Crippen MR) is 65.1 cm³/mol. The first-order valence-corrected chi connectivity index (χ1v) is 5.89. The van der Waals surface area contributed by atoms with Crippen molar-refractivity contribution < 1.29 is 0 Å². The average molecular weight is 215 g/mol. The highest BCUT2D eigenvalue weighted by atomic mass is 15.1. The Morgan fingerprint density at radius 1 is 1.44 bits per heavy atom. The summed E-state index contributed by atoms with van der Waals surface area (Å²) >= 11 is 0. The molecule has 0 radical (unpaired) electrons. The number of para-hydroxylation sites is 2. The van der Waals surface area contributed by atoms with Gasteiger partial charge in [-0.1, -0.05) is 19.1 Å². The summed E-state index contributed by atoms with van der Waals surface area (Å²) < 4.78 is 2.18. The average Bonchev–Trinajstić information content (AvgIpc) is 2.90. The summed E-state index contributed by atoms with van der Waals surface area (Å²) in [5.41, 5.74) is 2.30. The van der Waals surface area contributed by atoms with E-state index in [9.17, 15) is 0 Å². The van der Waals surface area contributed by atoms with Crippen LogP contribution >= 0.6 is 0 Å². The first kappa shape index (κ1) is 9.85. The van der Waals surface area contributed by atoms with Crippen LogP contribution in [0.3, 0.4) is 0 Å². The smallest absolute Gasteiger partial charge is 0.123 e. The topological polar surface area (TPSA) is 29.9 Å². The first-order valence-electron chi connectivity index (χ1n) is 5.89. The van der Waals surface area contributed by atoms with Crippen LogP contribution in [-0.2, 0) is 13.6 Å². The molecule has 0 aliphatic heterocycles. The van der Waals surface area contributed by atoms with Crippen molar-refractivity contribution in [3.8, 4) is 0 Å². The number of aryl methyl sites for hydroxylation is 1. The molecule has 0 bridgehead atoms. The van der Waals surface area contributed by atoms with Gasteiger partial charge in [-0.15, -0.1) is 0 Å². The SMILES string of the molecule is CC1CC1NCc1nc2ccccc2n1C. The summed E-state index contributed by atoms with van der Waals surface area (Å²) in [7, 11) is 2.09. The summed E-state index contributed by atoms with van der Waals surface area (Å²) in [5.74, 6) is 1.97. The van der Waals surface area contributed by atoms with Crippen LogP contribution in [0.2, 0.25) is 0 Å². The highest BCUT2D eigenvalue weighted by Gasteiger charge is 2.31. The number of nitrogens with one attached hydrogen (secondary N) is 1. The van der Waals surface area contributed by atoms with Crippen LogP contribution in [0, 0.1) is 5.92 Å². The Morgan fingerprint density at radius 2 is 2.19 bits per heavy atom. The molecule has 1 aromatic heterocycles. The zero-order valence-corrected chi connectivity index (χ0v) is 9.77. The zero-order valence-electron chi connectivity index (χ0n) is 9.77. The van der Waals surface area contributed by atoms with Crippen molar-refractivity contribution in [1.29, 1.82) is 0 Å². The fourth-order valence-corrected chi connectivity index (χ4v) is 2.18. The summed E-state index contributed by atoms with van der Waals surface area (Å²) in [4.78, 5) is 4.64. The normalized spacial score (nSPS) is 23.9. The quantitative estimate of drug-likeness (QED) is 0.849. The van der Waals surface area contributed by atoms with Gasteiger partial charge in [-0.3, -0.25) is 0 Å². The van der Waals surface area contributed by atoms with Crippen LogP contribution < -0.4 is 5.32 Å². The molecule has 3 heteroatoms. The lowest BCUT2D eigenvalue weighted by Gasteiger charge is -2.03. The highest BCUT2D eigenvalue weighted by Crippen LogP contribution is 2.29. The minimum absolute atomic E-state index is 0.708. The Balaban J connectivity index is 1.83. The standard InChI is InChI=1S/C13H17N3/c1-9-7-11(9)14-8-13-15-10-5-3-4-6-12(10)16(13)2/h3-6,9,11,14H,7-8H2,1-2H3. The largest absolute Gasteiger partial charge is 0.330 e. The fraction of sp³-hybridized carbons (Fsp3) is 0.462. The van der Waals surface area contributed by atoms with E-state index in [0.29, 0.717) is 6.04 Å². The lowest BCUT2D eigenvalue weighted by molar-refractivity contribution is 0.615. The van der Waals surface area contributed by atoms with E-state index in [-0.39, 0.29) is 0 Å². The molecule has 1 aromatic carbocycles. The molecule has 1 fully saturated rings. The number of benzene rings is 1. The molecule has 2 unspecified atom stereocenters. The number of nitrogens with zero attached hydrogens (tertiary/aromatic N) is 2. The summed E-state index contributed by atoms with van der Waals surface area (Å²) in [5, 5.41) is 3.54. The van der Waals surface area contributed by atoms with Crippen LogP contribution in [0.4, 0.5) is 0 Å². The Bertz CT molecular complexity index is 515. The second-order valence-electron chi connectivity index (χ2n) is 4.78. The van der Waals surface area contributed by atoms with Crippen LogP contribution in [0.5, 0.6) is 0 Å². The van der Waals surface area contributed by atoms with Gasteiger partial charge in [-0.05, 0) is 24.5 Å². The molecule has 1 aliphatic carbocycles. The first-order chi connectivity index (χ1) is 7.75. The number of hydrogen-bond donors (Lipinski definition) is 1. The van der Waals surface area contributed by atoms with E-state index >= 15 is 0 Å². The van der Waals surface area contributed by atoms with Gasteiger partial charge in [0.2, 0.25) is 0 Å². The molecule has 1 heterocycles. The lowest BCUT2D eigenvalue weighted by Crippen LogP contribution is -2.19. The van der Waals surface area contributed by atoms with E-state index in [0.717, 1.165) is 23.8 Å². The van der Waals surface area contributed by atoms with Gasteiger partial charge in [0.15, 0.2) is 0 Å². The molecule has 2 atom stereocenters. The molecule has 3 nitrogen and oxygen atoms in total. The van der Waals surface area contributed by atoms with E-state index in [4.69, 9.17) is 0 Å². The third-order valence-corrected chi connectivity index (χ3v) is 3.51. The van der Waals surface area contributed by atoms with Crippen molar-refractivity contribution >= 4 is 11.0 Å². The summed E-state index contributed by atoms with van der Waals surface area (Å²) in [6.07, 6.45) is 1.31. The molecule has 1 N–H and O–H groups in total. The minimum Gasteiger partial charge on any atom is -0.330 e. The Hall–Kier alpha value is -1.35. The minimum atomic E-state index is 0.708. The van der Waals surface area contributed by atoms with E-state index in [2.05, 4.69) is 47.0 Å². The van der Waals surface area contributed by atoms with E-state index in [1.165, 1.54) is 11.9 Å². The number of imidazole rings is 1. The number of rotatable bonds is 3. The molecule has 1 saturated carbocycles. The van der Waals surface area contributed by atoms with Gasteiger partial charge in [0.1, 0.15) is 5.82 Å². The highest BCUT2D eigenvalue weighted by molar-refractivity contribution is 5.75. The maximum atomic E-state index is 4.64. The van der Waals surface area contributed by atoms with Gasteiger partial charge >= 0.3 is 0 Å². The number of hydrogen-bond acceptors (Lipinski definition) is 2. The fourth-order valence-electron chi connectivity index (χ4n) is 2.18. The molecular weight excluding hydrogens is 198 g/mol. The van der Waals surface area contributed by atoms with Crippen LogP contribution in [0.1, 0.15) is 19.2 Å². The van der Waals surface area contributed by atoms with Crippen LogP contribution in [0.25, 0.3) is 11.0 Å². The van der Waals surface area contributed by atoms with Crippen molar-refractivity contribution in [1.82, 2.24) is 14.9 Å². The van der Waals surface area contributed by atoms with E-state index < -0.39 is 0 Å². The second-order valence-corrected chi connectivity index (χ2v) is 4.78. The second kappa shape index (κ2) is 3.59. The number of aromatic nitrogens is 2. The Morgan fingerprint density at radius 3 is 2.88 bits per heavy atom. The zero-order chi connectivity index (χ0) is 11.1. The van der Waals surface area contributed by atoms with Gasteiger partial charge in [-0.2, -0.15) is 0 Å². The van der Waals surface area contributed by atoms with Crippen LogP contribution in [0.15, 0.2) is 24.3 Å². The summed E-state index contributed by atoms with van der Waals surface area (Å²) in [6, 6.07) is 8.99. The monoisotopic (exact) mass is 215 g/mol. The Kier molecular flexibility index (Phi) is 2.21. The maximum absolute atomic E-state index is 4.64. The molecule has 84 valence electrons. The molecular formula is C13H17N3. The van der Waals surface area contributed by atoms with Crippen molar-refractivity contribution in [3.63, 3.8) is 0 Å². The van der Waals surface area contributed by atoms with Crippen molar-refractivity contribution in [2.24, 2.45) is 13.0 Å². The molecule has 3 rings (SSSR count).